The summed E-state index contributed by atoms with van der Waals surface area (Å²) in [5.74, 6) is -2.35. The number of fused-ring (bicyclic) bond motifs is 1. The van der Waals surface area contributed by atoms with Gasteiger partial charge in [-0.25, -0.2) is 0 Å². The first-order valence-corrected chi connectivity index (χ1v) is 11.5. The van der Waals surface area contributed by atoms with E-state index in [4.69, 9.17) is 4.74 Å². The van der Waals surface area contributed by atoms with Gasteiger partial charge in [0.15, 0.2) is 0 Å². The van der Waals surface area contributed by atoms with Gasteiger partial charge in [0, 0.05) is 11.7 Å². The lowest BCUT2D eigenvalue weighted by Gasteiger charge is -2.37. The number of aliphatic hydroxyl groups is 1. The van der Waals surface area contributed by atoms with Crippen molar-refractivity contribution < 1.29 is 24.2 Å². The number of hydrogen-bond acceptors (Lipinski definition) is 5. The van der Waals surface area contributed by atoms with Gasteiger partial charge in [-0.2, -0.15) is 0 Å². The molecule has 3 saturated heterocycles. The maximum atomic E-state index is 13.8. The number of benzene rings is 1. The number of para-hydroxylation sites is 1. The van der Waals surface area contributed by atoms with Gasteiger partial charge in [0.2, 0.25) is 17.7 Å². The summed E-state index contributed by atoms with van der Waals surface area (Å²) in [4.78, 5) is 42.1. The number of ether oxygens (including phenoxy) is 1. The molecule has 3 fully saturated rings. The fourth-order valence-corrected chi connectivity index (χ4v) is 5.98. The normalized spacial score (nSPS) is 34.0. The smallest absolute Gasteiger partial charge is 0.246 e. The number of nitrogens with one attached hydrogen (secondary N) is 2. The molecule has 0 saturated carbocycles. The summed E-state index contributed by atoms with van der Waals surface area (Å²) in [6.45, 7) is 7.21. The number of nitrogens with zero attached hydrogens (tertiary/aromatic N) is 1. The Morgan fingerprint density at radius 3 is 2.50 bits per heavy atom. The summed E-state index contributed by atoms with van der Waals surface area (Å²) < 4.78 is 6.53. The third kappa shape index (κ3) is 3.31. The number of amides is 3. The van der Waals surface area contributed by atoms with Crippen LogP contribution in [0.2, 0.25) is 0 Å². The number of carbonyl (C=O) groups is 3. The van der Waals surface area contributed by atoms with Crippen molar-refractivity contribution in [3.8, 4) is 0 Å². The number of rotatable bonds is 7. The first-order valence-electron chi connectivity index (χ1n) is 11.5. The van der Waals surface area contributed by atoms with Gasteiger partial charge in [0.1, 0.15) is 11.6 Å². The molecule has 1 aromatic rings. The van der Waals surface area contributed by atoms with Crippen molar-refractivity contribution in [2.45, 2.75) is 76.3 Å². The minimum atomic E-state index is -1.08. The maximum absolute atomic E-state index is 13.8. The van der Waals surface area contributed by atoms with E-state index in [1.165, 1.54) is 4.90 Å². The van der Waals surface area contributed by atoms with E-state index in [2.05, 4.69) is 10.6 Å². The second kappa shape index (κ2) is 8.15. The SMILES string of the molecule is CC[C@@H](CO)N1C(=O)[C@@H]2[C@@H](C(=O)Nc3ccccc3)[C@@]3(C)CCC2(O3)C1C(=O)NC(C)C. The lowest BCUT2D eigenvalue weighted by Crippen LogP contribution is -2.58. The van der Waals surface area contributed by atoms with Crippen LogP contribution in [-0.2, 0) is 19.1 Å². The van der Waals surface area contributed by atoms with Gasteiger partial charge in [0.05, 0.1) is 30.1 Å². The molecule has 0 radical (unpaired) electrons. The fraction of sp³-hybridized carbons (Fsp3) is 0.625. The van der Waals surface area contributed by atoms with Crippen molar-refractivity contribution in [1.29, 1.82) is 0 Å². The summed E-state index contributed by atoms with van der Waals surface area (Å²) in [5, 5.41) is 15.9. The first kappa shape index (κ1) is 22.7. The first-order chi connectivity index (χ1) is 15.2. The van der Waals surface area contributed by atoms with E-state index >= 15 is 0 Å². The van der Waals surface area contributed by atoms with Gasteiger partial charge >= 0.3 is 0 Å². The molecule has 0 aliphatic carbocycles. The van der Waals surface area contributed by atoms with Crippen LogP contribution >= 0.6 is 0 Å². The summed E-state index contributed by atoms with van der Waals surface area (Å²) in [6, 6.07) is 7.61. The van der Waals surface area contributed by atoms with Crippen LogP contribution < -0.4 is 10.6 Å². The third-order valence-electron chi connectivity index (χ3n) is 7.29. The summed E-state index contributed by atoms with van der Waals surface area (Å²) in [5.41, 5.74) is -1.26. The summed E-state index contributed by atoms with van der Waals surface area (Å²) >= 11 is 0. The van der Waals surface area contributed by atoms with E-state index in [9.17, 15) is 19.5 Å². The Morgan fingerprint density at radius 1 is 1.22 bits per heavy atom. The van der Waals surface area contributed by atoms with Gasteiger partial charge in [-0.15, -0.1) is 0 Å². The van der Waals surface area contributed by atoms with Gasteiger partial charge in [-0.05, 0) is 52.2 Å². The number of hydrogen-bond donors (Lipinski definition) is 3. The quantitative estimate of drug-likeness (QED) is 0.594. The molecule has 0 aromatic heterocycles. The molecule has 3 heterocycles. The Kier molecular flexibility index (Phi) is 5.79. The standard InChI is InChI=1S/C24H33N3O5/c1-5-16(13-28)27-19(21(30)25-14(2)3)24-12-11-23(4,32-24)17(18(24)22(27)31)20(29)26-15-9-7-6-8-10-15/h6-10,14,16-19,28H,5,11-13H2,1-4H3,(H,25,30)(H,26,29)/t16-,17-,18-,19?,23+,24?/m0/s1. The van der Waals surface area contributed by atoms with Crippen LogP contribution in [0.3, 0.4) is 0 Å². The second-order valence-corrected chi connectivity index (χ2v) is 9.74. The van der Waals surface area contributed by atoms with Gasteiger partial charge in [-0.1, -0.05) is 25.1 Å². The number of likely N-dealkylation sites (tertiary alicyclic amines) is 1. The van der Waals surface area contributed by atoms with Gasteiger partial charge in [0.25, 0.3) is 0 Å². The summed E-state index contributed by atoms with van der Waals surface area (Å²) in [7, 11) is 0. The van der Waals surface area contributed by atoms with E-state index in [0.29, 0.717) is 24.9 Å². The minimum absolute atomic E-state index is 0.115. The topological polar surface area (TPSA) is 108 Å². The molecule has 32 heavy (non-hydrogen) atoms. The molecule has 6 atom stereocenters. The number of carbonyl (C=O) groups excluding carboxylic acids is 3. The Labute approximate surface area is 188 Å². The monoisotopic (exact) mass is 443 g/mol. The van der Waals surface area contributed by atoms with Crippen LogP contribution in [0.15, 0.2) is 30.3 Å². The largest absolute Gasteiger partial charge is 0.394 e. The molecule has 174 valence electrons. The predicted octanol–water partition coefficient (Wildman–Crippen LogP) is 1.69. The Balaban J connectivity index is 1.75. The zero-order chi connectivity index (χ0) is 23.3. The van der Waals surface area contributed by atoms with Gasteiger partial charge < -0.3 is 25.4 Å². The average Bonchev–Trinajstić information content (AvgIpc) is 3.30. The number of aliphatic hydroxyl groups excluding tert-OH is 1. The highest BCUT2D eigenvalue weighted by Crippen LogP contribution is 2.63. The van der Waals surface area contributed by atoms with Gasteiger partial charge in [-0.3, -0.25) is 14.4 Å². The Bertz CT molecular complexity index is 902. The van der Waals surface area contributed by atoms with Crippen molar-refractivity contribution in [3.05, 3.63) is 30.3 Å². The molecule has 1 aromatic carbocycles. The molecular weight excluding hydrogens is 410 g/mol. The van der Waals surface area contributed by atoms with Crippen molar-refractivity contribution in [2.24, 2.45) is 11.8 Å². The second-order valence-electron chi connectivity index (χ2n) is 9.74. The van der Waals surface area contributed by atoms with Crippen LogP contribution in [0.1, 0.15) is 47.0 Å². The van der Waals surface area contributed by atoms with Crippen molar-refractivity contribution >= 4 is 23.4 Å². The zero-order valence-corrected chi connectivity index (χ0v) is 19.1. The van der Waals surface area contributed by atoms with Crippen molar-refractivity contribution in [3.63, 3.8) is 0 Å². The maximum Gasteiger partial charge on any atom is 0.246 e. The molecule has 3 aliphatic rings. The van der Waals surface area contributed by atoms with Crippen LogP contribution in [-0.4, -0.2) is 63.7 Å². The lowest BCUT2D eigenvalue weighted by atomic mass is 9.66. The highest BCUT2D eigenvalue weighted by molar-refractivity contribution is 6.02. The van der Waals surface area contributed by atoms with Crippen molar-refractivity contribution in [2.75, 3.05) is 11.9 Å². The van der Waals surface area contributed by atoms with E-state index in [1.54, 1.807) is 12.1 Å². The predicted molar refractivity (Wildman–Crippen MR) is 119 cm³/mol. The molecule has 2 bridgehead atoms. The van der Waals surface area contributed by atoms with Crippen LogP contribution in [0.5, 0.6) is 0 Å². The molecule has 1 spiro atoms. The van der Waals surface area contributed by atoms with Crippen LogP contribution in [0.25, 0.3) is 0 Å². The molecule has 8 heteroatoms. The highest BCUT2D eigenvalue weighted by atomic mass is 16.5. The molecule has 4 rings (SSSR count). The minimum Gasteiger partial charge on any atom is -0.394 e. The molecule has 3 N–H and O–H groups in total. The van der Waals surface area contributed by atoms with Crippen molar-refractivity contribution in [1.82, 2.24) is 10.2 Å². The third-order valence-corrected chi connectivity index (χ3v) is 7.29. The van der Waals surface area contributed by atoms with E-state index in [-0.39, 0.29) is 30.4 Å². The lowest BCUT2D eigenvalue weighted by molar-refractivity contribution is -0.149. The molecule has 2 unspecified atom stereocenters. The van der Waals surface area contributed by atoms with E-state index in [1.807, 2.05) is 45.9 Å². The Hall–Kier alpha value is -2.45. The molecular formula is C24H33N3O5. The fourth-order valence-electron chi connectivity index (χ4n) is 5.98. The van der Waals surface area contributed by atoms with E-state index < -0.39 is 35.1 Å². The molecule has 3 aliphatic heterocycles. The van der Waals surface area contributed by atoms with E-state index in [0.717, 1.165) is 0 Å². The van der Waals surface area contributed by atoms with Crippen LogP contribution in [0.4, 0.5) is 5.69 Å². The molecule has 8 nitrogen and oxygen atoms in total. The average molecular weight is 444 g/mol. The van der Waals surface area contributed by atoms with Crippen LogP contribution in [0, 0.1) is 11.8 Å². The Morgan fingerprint density at radius 2 is 1.91 bits per heavy atom. The summed E-state index contributed by atoms with van der Waals surface area (Å²) in [6.07, 6.45) is 1.59. The zero-order valence-electron chi connectivity index (χ0n) is 19.1. The highest BCUT2D eigenvalue weighted by Gasteiger charge is 2.78. The number of anilines is 1. The molecule has 3 amide bonds.